The van der Waals surface area contributed by atoms with Gasteiger partial charge in [-0.05, 0) is 36.4 Å². The van der Waals surface area contributed by atoms with Crippen molar-refractivity contribution in [1.82, 2.24) is 9.38 Å². The molecule has 0 aliphatic carbocycles. The summed E-state index contributed by atoms with van der Waals surface area (Å²) in [6, 6.07) is 10.1. The zero-order chi connectivity index (χ0) is 12.5. The monoisotopic (exact) mass is 242 g/mol. The van der Waals surface area contributed by atoms with Gasteiger partial charge in [0.15, 0.2) is 0 Å². The van der Waals surface area contributed by atoms with Gasteiger partial charge in [-0.3, -0.25) is 4.40 Å². The van der Waals surface area contributed by atoms with Crippen LogP contribution in [0.5, 0.6) is 5.75 Å². The number of rotatable bonds is 2. The van der Waals surface area contributed by atoms with Gasteiger partial charge in [-0.2, -0.15) is 0 Å². The molecule has 0 saturated heterocycles. The van der Waals surface area contributed by atoms with E-state index in [1.54, 1.807) is 25.4 Å². The molecule has 0 saturated carbocycles. The molecule has 1 aromatic carbocycles. The largest absolute Gasteiger partial charge is 0.495 e. The smallest absolute Gasteiger partial charge is 0.144 e. The first-order valence-electron chi connectivity index (χ1n) is 5.55. The number of fused-ring (bicyclic) bond motifs is 1. The molecule has 0 amide bonds. The summed E-state index contributed by atoms with van der Waals surface area (Å²) in [4.78, 5) is 4.36. The van der Waals surface area contributed by atoms with Crippen molar-refractivity contribution >= 4 is 5.52 Å². The fourth-order valence-electron chi connectivity index (χ4n) is 1.90. The van der Waals surface area contributed by atoms with E-state index in [9.17, 15) is 4.39 Å². The molecule has 2 heterocycles. The van der Waals surface area contributed by atoms with Gasteiger partial charge in [-0.1, -0.05) is 0 Å². The average molecular weight is 242 g/mol. The number of benzene rings is 1. The molecule has 3 aromatic rings. The van der Waals surface area contributed by atoms with Crippen LogP contribution < -0.4 is 4.74 Å². The summed E-state index contributed by atoms with van der Waals surface area (Å²) in [5.74, 6) is 1.27. The third kappa shape index (κ3) is 1.72. The molecule has 0 fully saturated rings. The Morgan fingerprint density at radius 2 is 1.89 bits per heavy atom. The fraction of sp³-hybridized carbons (Fsp3) is 0.0714. The van der Waals surface area contributed by atoms with Gasteiger partial charge < -0.3 is 4.74 Å². The summed E-state index contributed by atoms with van der Waals surface area (Å²) in [7, 11) is 1.62. The highest BCUT2D eigenvalue weighted by Gasteiger charge is 2.07. The summed E-state index contributed by atoms with van der Waals surface area (Å²) in [6.45, 7) is 0. The molecule has 3 nitrogen and oxygen atoms in total. The molecule has 0 unspecified atom stereocenters. The fourth-order valence-corrected chi connectivity index (χ4v) is 1.90. The number of imidazole rings is 1. The molecule has 0 spiro atoms. The highest BCUT2D eigenvalue weighted by atomic mass is 19.1. The lowest BCUT2D eigenvalue weighted by Gasteiger charge is -2.04. The third-order valence-corrected chi connectivity index (χ3v) is 2.84. The normalized spacial score (nSPS) is 10.8. The summed E-state index contributed by atoms with van der Waals surface area (Å²) < 4.78 is 20.0. The van der Waals surface area contributed by atoms with Crippen LogP contribution in [-0.4, -0.2) is 16.5 Å². The predicted octanol–water partition coefficient (Wildman–Crippen LogP) is 3.15. The number of ether oxygens (including phenoxy) is 1. The molecule has 0 bridgehead atoms. The highest BCUT2D eigenvalue weighted by Crippen LogP contribution is 2.22. The number of aromatic nitrogens is 2. The number of hydrogen-bond acceptors (Lipinski definition) is 2. The second-order valence-corrected chi connectivity index (χ2v) is 3.95. The van der Waals surface area contributed by atoms with Crippen LogP contribution in [0.2, 0.25) is 0 Å². The Morgan fingerprint density at radius 1 is 1.11 bits per heavy atom. The summed E-state index contributed by atoms with van der Waals surface area (Å²) >= 11 is 0. The number of methoxy groups -OCH3 is 1. The molecule has 0 N–H and O–H groups in total. The van der Waals surface area contributed by atoms with Crippen molar-refractivity contribution < 1.29 is 9.13 Å². The number of hydrogen-bond donors (Lipinski definition) is 0. The number of halogens is 1. The zero-order valence-corrected chi connectivity index (χ0v) is 9.80. The first-order valence-corrected chi connectivity index (χ1v) is 5.55. The number of nitrogens with zero attached hydrogens (tertiary/aromatic N) is 2. The van der Waals surface area contributed by atoms with Crippen LogP contribution in [0, 0.1) is 5.82 Å². The summed E-state index contributed by atoms with van der Waals surface area (Å²) in [5.41, 5.74) is 1.83. The topological polar surface area (TPSA) is 26.5 Å². The predicted molar refractivity (Wildman–Crippen MR) is 67.1 cm³/mol. The van der Waals surface area contributed by atoms with Crippen LogP contribution in [0.3, 0.4) is 0 Å². The standard InChI is InChI=1S/C14H11FN2O/c1-18-13-7-6-12-8-16-14(17(12)9-13)10-2-4-11(15)5-3-10/h2-9H,1H3. The lowest BCUT2D eigenvalue weighted by atomic mass is 10.2. The van der Waals surface area contributed by atoms with Crippen LogP contribution in [0.1, 0.15) is 0 Å². The Balaban J connectivity index is 2.19. The van der Waals surface area contributed by atoms with E-state index in [2.05, 4.69) is 4.98 Å². The van der Waals surface area contributed by atoms with Crippen molar-refractivity contribution in [3.63, 3.8) is 0 Å². The quantitative estimate of drug-likeness (QED) is 0.690. The maximum absolute atomic E-state index is 12.9. The minimum atomic E-state index is -0.253. The van der Waals surface area contributed by atoms with E-state index in [1.807, 2.05) is 22.7 Å². The molecule has 90 valence electrons. The third-order valence-electron chi connectivity index (χ3n) is 2.84. The van der Waals surface area contributed by atoms with E-state index in [0.29, 0.717) is 0 Å². The summed E-state index contributed by atoms with van der Waals surface area (Å²) in [5, 5.41) is 0. The van der Waals surface area contributed by atoms with E-state index in [1.165, 1.54) is 12.1 Å². The van der Waals surface area contributed by atoms with Gasteiger partial charge in [0.1, 0.15) is 17.4 Å². The van der Waals surface area contributed by atoms with E-state index >= 15 is 0 Å². The van der Waals surface area contributed by atoms with Crippen LogP contribution in [0.4, 0.5) is 4.39 Å². The molecule has 2 aromatic heterocycles. The van der Waals surface area contributed by atoms with Gasteiger partial charge >= 0.3 is 0 Å². The van der Waals surface area contributed by atoms with Gasteiger partial charge in [-0.25, -0.2) is 9.37 Å². The second kappa shape index (κ2) is 4.14. The van der Waals surface area contributed by atoms with Gasteiger partial charge in [0, 0.05) is 5.56 Å². The molecular weight excluding hydrogens is 231 g/mol. The lowest BCUT2D eigenvalue weighted by molar-refractivity contribution is 0.412. The van der Waals surface area contributed by atoms with Crippen LogP contribution in [0.25, 0.3) is 16.9 Å². The molecule has 0 atom stereocenters. The minimum absolute atomic E-state index is 0.253. The van der Waals surface area contributed by atoms with Crippen LogP contribution in [-0.2, 0) is 0 Å². The van der Waals surface area contributed by atoms with Crippen molar-refractivity contribution in [2.75, 3.05) is 7.11 Å². The average Bonchev–Trinajstić information content (AvgIpc) is 2.82. The number of pyridine rings is 1. The Morgan fingerprint density at radius 3 is 2.61 bits per heavy atom. The van der Waals surface area contributed by atoms with Crippen molar-refractivity contribution in [3.8, 4) is 17.1 Å². The Labute approximate surface area is 103 Å². The first kappa shape index (κ1) is 10.8. The van der Waals surface area contributed by atoms with Crippen molar-refractivity contribution in [1.29, 1.82) is 0 Å². The first-order chi connectivity index (χ1) is 8.78. The maximum atomic E-state index is 12.9. The van der Waals surface area contributed by atoms with Gasteiger partial charge in [0.05, 0.1) is 25.0 Å². The van der Waals surface area contributed by atoms with Crippen LogP contribution in [0.15, 0.2) is 48.8 Å². The van der Waals surface area contributed by atoms with Crippen LogP contribution >= 0.6 is 0 Å². The molecule has 18 heavy (non-hydrogen) atoms. The second-order valence-electron chi connectivity index (χ2n) is 3.95. The van der Waals surface area contributed by atoms with E-state index in [0.717, 1.165) is 22.7 Å². The SMILES string of the molecule is COc1ccc2cnc(-c3ccc(F)cc3)n2c1. The molecule has 4 heteroatoms. The Hall–Kier alpha value is -2.36. The van der Waals surface area contributed by atoms with Crippen molar-refractivity contribution in [3.05, 3.63) is 54.6 Å². The van der Waals surface area contributed by atoms with Gasteiger partial charge in [0.2, 0.25) is 0 Å². The molecular formula is C14H11FN2O. The van der Waals surface area contributed by atoms with Gasteiger partial charge in [0.25, 0.3) is 0 Å². The highest BCUT2D eigenvalue weighted by molar-refractivity contribution is 5.62. The Bertz CT molecular complexity index is 689. The van der Waals surface area contributed by atoms with Crippen molar-refractivity contribution in [2.45, 2.75) is 0 Å². The van der Waals surface area contributed by atoms with Gasteiger partial charge in [-0.15, -0.1) is 0 Å². The van der Waals surface area contributed by atoms with E-state index < -0.39 is 0 Å². The molecule has 3 rings (SSSR count). The minimum Gasteiger partial charge on any atom is -0.495 e. The maximum Gasteiger partial charge on any atom is 0.144 e. The lowest BCUT2D eigenvalue weighted by Crippen LogP contribution is -1.91. The van der Waals surface area contributed by atoms with E-state index in [-0.39, 0.29) is 5.82 Å². The molecule has 0 radical (unpaired) electrons. The Kier molecular flexibility index (Phi) is 2.48. The van der Waals surface area contributed by atoms with E-state index in [4.69, 9.17) is 4.74 Å². The van der Waals surface area contributed by atoms with Crippen molar-refractivity contribution in [2.24, 2.45) is 0 Å². The zero-order valence-electron chi connectivity index (χ0n) is 9.80. The summed E-state index contributed by atoms with van der Waals surface area (Å²) in [6.07, 6.45) is 3.64. The molecule has 0 aliphatic rings. The molecule has 0 aliphatic heterocycles.